The van der Waals surface area contributed by atoms with Crippen molar-refractivity contribution in [1.82, 2.24) is 0 Å². The van der Waals surface area contributed by atoms with Crippen molar-refractivity contribution in [2.24, 2.45) is 11.7 Å². The lowest BCUT2D eigenvalue weighted by molar-refractivity contribution is -0.119. The van der Waals surface area contributed by atoms with Gasteiger partial charge in [-0.1, -0.05) is 13.0 Å². The van der Waals surface area contributed by atoms with Crippen molar-refractivity contribution < 1.29 is 27.9 Å². The van der Waals surface area contributed by atoms with Crippen LogP contribution < -0.4 is 11.1 Å². The van der Waals surface area contributed by atoms with Crippen LogP contribution in [0, 0.1) is 17.6 Å². The van der Waals surface area contributed by atoms with E-state index in [1.807, 2.05) is 0 Å². The van der Waals surface area contributed by atoms with Gasteiger partial charge in [-0.3, -0.25) is 9.59 Å². The summed E-state index contributed by atoms with van der Waals surface area (Å²) in [5.74, 6) is -4.37. The number of thiophene rings is 1. The SMILES string of the molecule is C[C@@H]1CCc2c(sc(NC(=O)COC(=O)c3c(F)cccc3F)c2C(N)=O)C1. The van der Waals surface area contributed by atoms with E-state index in [4.69, 9.17) is 10.5 Å². The minimum atomic E-state index is -1.29. The van der Waals surface area contributed by atoms with Crippen LogP contribution in [0.1, 0.15) is 44.5 Å². The molecule has 6 nitrogen and oxygen atoms in total. The van der Waals surface area contributed by atoms with Crippen molar-refractivity contribution in [3.8, 4) is 0 Å². The minimum absolute atomic E-state index is 0.270. The normalized spacial score (nSPS) is 15.6. The van der Waals surface area contributed by atoms with Crippen molar-refractivity contribution >= 4 is 34.1 Å². The average Bonchev–Trinajstić information content (AvgIpc) is 2.96. The zero-order valence-corrected chi connectivity index (χ0v) is 15.8. The Bertz CT molecular complexity index is 937. The van der Waals surface area contributed by atoms with E-state index >= 15 is 0 Å². The Morgan fingerprint density at radius 2 is 1.93 bits per heavy atom. The average molecular weight is 408 g/mol. The molecule has 0 fully saturated rings. The molecule has 148 valence electrons. The maximum absolute atomic E-state index is 13.6. The maximum atomic E-state index is 13.6. The fourth-order valence-corrected chi connectivity index (χ4v) is 4.59. The number of halogens is 2. The van der Waals surface area contributed by atoms with Gasteiger partial charge in [0.15, 0.2) is 6.61 Å². The van der Waals surface area contributed by atoms with Crippen LogP contribution in [-0.2, 0) is 22.4 Å². The lowest BCUT2D eigenvalue weighted by atomic mass is 9.88. The first-order chi connectivity index (χ1) is 13.3. The van der Waals surface area contributed by atoms with Crippen LogP contribution in [0.5, 0.6) is 0 Å². The van der Waals surface area contributed by atoms with Gasteiger partial charge in [0, 0.05) is 4.88 Å². The van der Waals surface area contributed by atoms with Crippen molar-refractivity contribution in [3.63, 3.8) is 0 Å². The highest BCUT2D eigenvalue weighted by molar-refractivity contribution is 7.17. The van der Waals surface area contributed by atoms with Gasteiger partial charge in [-0.2, -0.15) is 0 Å². The number of ether oxygens (including phenoxy) is 1. The largest absolute Gasteiger partial charge is 0.452 e. The van der Waals surface area contributed by atoms with Crippen LogP contribution in [0.15, 0.2) is 18.2 Å². The summed E-state index contributed by atoms with van der Waals surface area (Å²) in [6.45, 7) is 1.34. The van der Waals surface area contributed by atoms with Crippen molar-refractivity contribution in [3.05, 3.63) is 51.4 Å². The Hall–Kier alpha value is -2.81. The van der Waals surface area contributed by atoms with E-state index in [2.05, 4.69) is 12.2 Å². The summed E-state index contributed by atoms with van der Waals surface area (Å²) in [6.07, 6.45) is 2.41. The van der Waals surface area contributed by atoms with Gasteiger partial charge < -0.3 is 15.8 Å². The van der Waals surface area contributed by atoms with Crippen LogP contribution in [0.2, 0.25) is 0 Å². The van der Waals surface area contributed by atoms with Crippen molar-refractivity contribution in [2.75, 3.05) is 11.9 Å². The molecule has 0 spiro atoms. The number of hydrogen-bond donors (Lipinski definition) is 2. The lowest BCUT2D eigenvalue weighted by Gasteiger charge is -2.18. The van der Waals surface area contributed by atoms with Gasteiger partial charge >= 0.3 is 5.97 Å². The fourth-order valence-electron chi connectivity index (χ4n) is 3.16. The molecule has 3 rings (SSSR count). The number of carbonyl (C=O) groups excluding carboxylic acids is 3. The number of esters is 1. The number of anilines is 1. The fraction of sp³-hybridized carbons (Fsp3) is 0.316. The van der Waals surface area contributed by atoms with Crippen LogP contribution in [0.25, 0.3) is 0 Å². The first-order valence-electron chi connectivity index (χ1n) is 8.63. The van der Waals surface area contributed by atoms with Gasteiger partial charge in [0.05, 0.1) is 5.56 Å². The third-order valence-electron chi connectivity index (χ3n) is 4.51. The van der Waals surface area contributed by atoms with E-state index in [1.54, 1.807) is 0 Å². The number of fused-ring (bicyclic) bond motifs is 1. The highest BCUT2D eigenvalue weighted by Gasteiger charge is 2.27. The highest BCUT2D eigenvalue weighted by Crippen LogP contribution is 2.39. The second kappa shape index (κ2) is 8.05. The monoisotopic (exact) mass is 408 g/mol. The Labute approximate surface area is 163 Å². The molecular weight excluding hydrogens is 390 g/mol. The predicted molar refractivity (Wildman–Crippen MR) is 99.3 cm³/mol. The molecule has 0 aliphatic heterocycles. The van der Waals surface area contributed by atoms with Crippen LogP contribution in [-0.4, -0.2) is 24.4 Å². The zero-order valence-electron chi connectivity index (χ0n) is 15.0. The zero-order chi connectivity index (χ0) is 20.4. The molecule has 2 amide bonds. The van der Waals surface area contributed by atoms with E-state index < -0.39 is 41.6 Å². The molecule has 1 aromatic heterocycles. The van der Waals surface area contributed by atoms with Gasteiger partial charge in [-0.25, -0.2) is 13.6 Å². The Morgan fingerprint density at radius 1 is 1.25 bits per heavy atom. The predicted octanol–water partition coefficient (Wildman–Crippen LogP) is 3.05. The van der Waals surface area contributed by atoms with Gasteiger partial charge in [-0.15, -0.1) is 11.3 Å². The molecule has 0 saturated heterocycles. The van der Waals surface area contributed by atoms with E-state index in [9.17, 15) is 23.2 Å². The van der Waals surface area contributed by atoms with Gasteiger partial charge in [0.25, 0.3) is 11.8 Å². The molecule has 0 unspecified atom stereocenters. The summed E-state index contributed by atoms with van der Waals surface area (Å²) in [5.41, 5.74) is 5.72. The van der Waals surface area contributed by atoms with Crippen LogP contribution >= 0.6 is 11.3 Å². The summed E-state index contributed by atoms with van der Waals surface area (Å²) < 4.78 is 31.9. The van der Waals surface area contributed by atoms with Crippen molar-refractivity contribution in [2.45, 2.75) is 26.2 Å². The Balaban J connectivity index is 1.70. The standard InChI is InChI=1S/C19H18F2N2O4S/c1-9-5-6-10-13(7-9)28-18(15(10)17(22)25)23-14(24)8-27-19(26)16-11(20)3-2-4-12(16)21/h2-4,9H,5-8H2,1H3,(H2,22,25)(H,23,24)/t9-/m1/s1. The summed E-state index contributed by atoms with van der Waals surface area (Å²) >= 11 is 1.26. The number of amides is 2. The Kier molecular flexibility index (Phi) is 5.73. The minimum Gasteiger partial charge on any atom is -0.452 e. The molecule has 9 heteroatoms. The lowest BCUT2D eigenvalue weighted by Crippen LogP contribution is -2.23. The van der Waals surface area contributed by atoms with Crippen molar-refractivity contribution in [1.29, 1.82) is 0 Å². The first-order valence-corrected chi connectivity index (χ1v) is 9.45. The molecule has 1 atom stereocenters. The number of benzene rings is 1. The molecule has 1 aliphatic carbocycles. The number of nitrogens with one attached hydrogen (secondary N) is 1. The molecule has 3 N–H and O–H groups in total. The smallest absolute Gasteiger partial charge is 0.344 e. The topological polar surface area (TPSA) is 98.5 Å². The molecule has 28 heavy (non-hydrogen) atoms. The summed E-state index contributed by atoms with van der Waals surface area (Å²) in [5, 5.41) is 2.81. The number of hydrogen-bond acceptors (Lipinski definition) is 5. The summed E-state index contributed by atoms with van der Waals surface area (Å²) in [6, 6.07) is 2.94. The van der Waals surface area contributed by atoms with Crippen LogP contribution in [0.4, 0.5) is 13.8 Å². The molecule has 2 aromatic rings. The molecule has 1 heterocycles. The van der Waals surface area contributed by atoms with Crippen LogP contribution in [0.3, 0.4) is 0 Å². The first kappa shape index (κ1) is 19.9. The quantitative estimate of drug-likeness (QED) is 0.743. The van der Waals surface area contributed by atoms with Gasteiger partial charge in [0.2, 0.25) is 0 Å². The van der Waals surface area contributed by atoms with E-state index in [1.165, 1.54) is 11.3 Å². The molecular formula is C19H18F2N2O4S. The van der Waals surface area contributed by atoms with E-state index in [0.29, 0.717) is 17.3 Å². The molecule has 0 saturated carbocycles. The van der Waals surface area contributed by atoms with Gasteiger partial charge in [-0.05, 0) is 42.9 Å². The molecule has 1 aliphatic rings. The Morgan fingerprint density at radius 3 is 2.57 bits per heavy atom. The summed E-state index contributed by atoms with van der Waals surface area (Å²) in [4.78, 5) is 36.9. The third kappa shape index (κ3) is 4.04. The third-order valence-corrected chi connectivity index (χ3v) is 5.68. The number of rotatable bonds is 5. The maximum Gasteiger partial charge on any atom is 0.344 e. The van der Waals surface area contributed by atoms with E-state index in [-0.39, 0.29) is 5.56 Å². The second-order valence-electron chi connectivity index (χ2n) is 6.64. The number of nitrogens with two attached hydrogens (primary N) is 1. The second-order valence-corrected chi connectivity index (χ2v) is 7.75. The molecule has 1 aromatic carbocycles. The summed E-state index contributed by atoms with van der Waals surface area (Å²) in [7, 11) is 0. The number of carbonyl (C=O) groups is 3. The molecule has 0 bridgehead atoms. The number of primary amides is 1. The highest BCUT2D eigenvalue weighted by atomic mass is 32.1. The van der Waals surface area contributed by atoms with E-state index in [0.717, 1.165) is 41.5 Å². The molecule has 0 radical (unpaired) electrons. The van der Waals surface area contributed by atoms with Gasteiger partial charge in [0.1, 0.15) is 22.2 Å².